The van der Waals surface area contributed by atoms with Crippen molar-refractivity contribution in [2.45, 2.75) is 25.6 Å². The van der Waals surface area contributed by atoms with Crippen molar-refractivity contribution in [1.82, 2.24) is 15.7 Å². The molecule has 160 valence electrons. The van der Waals surface area contributed by atoms with E-state index in [1.54, 1.807) is 0 Å². The molecule has 4 unspecified atom stereocenters. The second-order valence-electron chi connectivity index (χ2n) is 8.53. The standard InChI is InChI=1S/C25H22N4O2S/c1-14-18(13-16-9-6-8-15-7-2-3-10-17(15)16)22(30)21-23(26-14)28-29(24(21)31)25-27-19-11-4-5-12-20(19)32-25/h2-12,14,18,21,23,26,28H,13H2,1H3. The largest absolute Gasteiger partial charge is 0.298 e. The van der Waals surface area contributed by atoms with Gasteiger partial charge in [0.05, 0.1) is 16.4 Å². The van der Waals surface area contributed by atoms with Crippen LogP contribution in [0.15, 0.2) is 66.7 Å². The van der Waals surface area contributed by atoms with Gasteiger partial charge in [-0.3, -0.25) is 14.9 Å². The number of thiazole rings is 1. The van der Waals surface area contributed by atoms with Crippen molar-refractivity contribution in [2.75, 3.05) is 5.01 Å². The molecule has 4 atom stereocenters. The first-order valence-corrected chi connectivity index (χ1v) is 11.6. The molecular weight excluding hydrogens is 420 g/mol. The number of hydrogen-bond donors (Lipinski definition) is 2. The number of carbonyl (C=O) groups excluding carboxylic acids is 2. The Morgan fingerprint density at radius 2 is 1.78 bits per heavy atom. The van der Waals surface area contributed by atoms with Gasteiger partial charge in [0.2, 0.25) is 5.13 Å². The number of fused-ring (bicyclic) bond motifs is 3. The Balaban J connectivity index is 1.30. The number of nitrogens with one attached hydrogen (secondary N) is 2. The molecule has 2 saturated heterocycles. The molecule has 7 heteroatoms. The summed E-state index contributed by atoms with van der Waals surface area (Å²) in [4.78, 5) is 31.5. The van der Waals surface area contributed by atoms with Crippen LogP contribution in [0, 0.1) is 11.8 Å². The maximum absolute atomic E-state index is 13.6. The van der Waals surface area contributed by atoms with Crippen LogP contribution >= 0.6 is 11.3 Å². The summed E-state index contributed by atoms with van der Waals surface area (Å²) in [6.45, 7) is 2.02. The first-order valence-electron chi connectivity index (χ1n) is 10.8. The Labute approximate surface area is 189 Å². The number of rotatable bonds is 3. The van der Waals surface area contributed by atoms with Crippen molar-refractivity contribution in [3.05, 3.63) is 72.3 Å². The van der Waals surface area contributed by atoms with E-state index in [-0.39, 0.29) is 23.7 Å². The lowest BCUT2D eigenvalue weighted by molar-refractivity contribution is -0.136. The van der Waals surface area contributed by atoms with E-state index in [4.69, 9.17) is 0 Å². The van der Waals surface area contributed by atoms with Gasteiger partial charge in [0.1, 0.15) is 5.92 Å². The van der Waals surface area contributed by atoms with Gasteiger partial charge in [-0.25, -0.2) is 15.4 Å². The van der Waals surface area contributed by atoms with E-state index < -0.39 is 12.1 Å². The molecule has 32 heavy (non-hydrogen) atoms. The predicted octanol–water partition coefficient (Wildman–Crippen LogP) is 3.66. The smallest absolute Gasteiger partial charge is 0.257 e. The highest BCUT2D eigenvalue weighted by Gasteiger charge is 2.52. The molecule has 4 aromatic rings. The zero-order chi connectivity index (χ0) is 21.8. The number of para-hydroxylation sites is 1. The van der Waals surface area contributed by atoms with Crippen LogP contribution in [0.2, 0.25) is 0 Å². The van der Waals surface area contributed by atoms with Crippen LogP contribution in [-0.2, 0) is 16.0 Å². The first kappa shape index (κ1) is 19.5. The Morgan fingerprint density at radius 1 is 1.00 bits per heavy atom. The fourth-order valence-electron chi connectivity index (χ4n) is 4.94. The molecule has 0 aliphatic carbocycles. The normalized spacial score (nSPS) is 25.6. The third-order valence-electron chi connectivity index (χ3n) is 6.60. The number of nitrogens with zero attached hydrogens (tertiary/aromatic N) is 2. The van der Waals surface area contributed by atoms with Gasteiger partial charge in [0.25, 0.3) is 5.91 Å². The average Bonchev–Trinajstić information content (AvgIpc) is 3.37. The number of benzene rings is 3. The lowest BCUT2D eigenvalue weighted by Gasteiger charge is -2.35. The number of anilines is 1. The third-order valence-corrected chi connectivity index (χ3v) is 7.62. The zero-order valence-corrected chi connectivity index (χ0v) is 18.3. The second kappa shape index (κ2) is 7.48. The summed E-state index contributed by atoms with van der Waals surface area (Å²) >= 11 is 1.44. The summed E-state index contributed by atoms with van der Waals surface area (Å²) < 4.78 is 1.01. The maximum Gasteiger partial charge on any atom is 0.257 e. The summed E-state index contributed by atoms with van der Waals surface area (Å²) in [6.07, 6.45) is 0.187. The minimum atomic E-state index is -0.752. The fourth-order valence-corrected chi connectivity index (χ4v) is 5.88. The summed E-state index contributed by atoms with van der Waals surface area (Å²) in [5, 5.41) is 7.81. The summed E-state index contributed by atoms with van der Waals surface area (Å²) in [6, 6.07) is 22.1. The topological polar surface area (TPSA) is 74.3 Å². The second-order valence-corrected chi connectivity index (χ2v) is 9.54. The Morgan fingerprint density at radius 3 is 2.66 bits per heavy atom. The van der Waals surface area contributed by atoms with Crippen LogP contribution in [0.1, 0.15) is 12.5 Å². The number of Topliss-reactive ketones (excluding diaryl/α,β-unsaturated/α-hetero) is 1. The molecular formula is C25H22N4O2S. The highest BCUT2D eigenvalue weighted by molar-refractivity contribution is 7.22. The number of hydrazine groups is 1. The molecule has 0 saturated carbocycles. The maximum atomic E-state index is 13.6. The number of piperidine rings is 1. The van der Waals surface area contributed by atoms with Crippen LogP contribution in [0.5, 0.6) is 0 Å². The van der Waals surface area contributed by atoms with Gasteiger partial charge in [-0.05, 0) is 41.8 Å². The van der Waals surface area contributed by atoms with Crippen molar-refractivity contribution in [3.8, 4) is 0 Å². The number of aromatic nitrogens is 1. The summed E-state index contributed by atoms with van der Waals surface area (Å²) in [5.74, 6) is -1.27. The van der Waals surface area contributed by atoms with Crippen molar-refractivity contribution in [1.29, 1.82) is 0 Å². The van der Waals surface area contributed by atoms with E-state index in [1.165, 1.54) is 16.3 Å². The SMILES string of the molecule is CC1NC2NN(c3nc4ccccc4s3)C(=O)C2C(=O)C1Cc1cccc2ccccc12. The van der Waals surface area contributed by atoms with Crippen LogP contribution < -0.4 is 15.8 Å². The van der Waals surface area contributed by atoms with E-state index in [0.29, 0.717) is 11.6 Å². The quantitative estimate of drug-likeness (QED) is 0.474. The number of ketones is 1. The minimum Gasteiger partial charge on any atom is -0.298 e. The van der Waals surface area contributed by atoms with E-state index >= 15 is 0 Å². The van der Waals surface area contributed by atoms with Crippen LogP contribution in [0.4, 0.5) is 5.13 Å². The van der Waals surface area contributed by atoms with Crippen LogP contribution in [0.3, 0.4) is 0 Å². The predicted molar refractivity (Wildman–Crippen MR) is 126 cm³/mol. The lowest BCUT2D eigenvalue weighted by Crippen LogP contribution is -2.59. The van der Waals surface area contributed by atoms with Gasteiger partial charge < -0.3 is 0 Å². The van der Waals surface area contributed by atoms with Gasteiger partial charge in [0, 0.05) is 12.0 Å². The van der Waals surface area contributed by atoms with E-state index in [9.17, 15) is 9.59 Å². The number of hydrogen-bond acceptors (Lipinski definition) is 6. The number of carbonyl (C=O) groups is 2. The molecule has 2 N–H and O–H groups in total. The molecule has 2 aliphatic rings. The molecule has 3 aromatic carbocycles. The fraction of sp³-hybridized carbons (Fsp3) is 0.240. The molecule has 2 fully saturated rings. The molecule has 0 spiro atoms. The van der Waals surface area contributed by atoms with Gasteiger partial charge in [-0.1, -0.05) is 65.9 Å². The Bertz CT molecular complexity index is 1330. The van der Waals surface area contributed by atoms with Gasteiger partial charge >= 0.3 is 0 Å². The number of amides is 1. The van der Waals surface area contributed by atoms with Gasteiger partial charge in [-0.2, -0.15) is 0 Å². The van der Waals surface area contributed by atoms with E-state index in [2.05, 4.69) is 40.0 Å². The van der Waals surface area contributed by atoms with Crippen LogP contribution in [0.25, 0.3) is 21.0 Å². The average molecular weight is 443 g/mol. The van der Waals surface area contributed by atoms with Crippen molar-refractivity contribution in [2.24, 2.45) is 11.8 Å². The third kappa shape index (κ3) is 3.04. The molecule has 6 rings (SSSR count). The van der Waals surface area contributed by atoms with Gasteiger partial charge in [0.15, 0.2) is 5.78 Å². The summed E-state index contributed by atoms with van der Waals surface area (Å²) in [7, 11) is 0. The Hall–Kier alpha value is -3.13. The van der Waals surface area contributed by atoms with Gasteiger partial charge in [-0.15, -0.1) is 0 Å². The Kier molecular flexibility index (Phi) is 4.57. The highest BCUT2D eigenvalue weighted by atomic mass is 32.1. The first-order chi connectivity index (χ1) is 15.6. The molecule has 0 radical (unpaired) electrons. The monoisotopic (exact) mass is 442 g/mol. The van der Waals surface area contributed by atoms with Crippen LogP contribution in [-0.4, -0.2) is 28.9 Å². The zero-order valence-electron chi connectivity index (χ0n) is 17.5. The molecule has 1 amide bonds. The molecule has 1 aromatic heterocycles. The van der Waals surface area contributed by atoms with Crippen molar-refractivity contribution < 1.29 is 9.59 Å². The minimum absolute atomic E-state index is 0.00436. The molecule has 3 heterocycles. The summed E-state index contributed by atoms with van der Waals surface area (Å²) in [5.41, 5.74) is 5.17. The highest BCUT2D eigenvalue weighted by Crippen LogP contribution is 2.35. The molecule has 0 bridgehead atoms. The van der Waals surface area contributed by atoms with Crippen molar-refractivity contribution >= 4 is 49.1 Å². The lowest BCUT2D eigenvalue weighted by atomic mass is 9.78. The molecule has 2 aliphatic heterocycles. The van der Waals surface area contributed by atoms with E-state index in [1.807, 2.05) is 49.4 Å². The van der Waals surface area contributed by atoms with E-state index in [0.717, 1.165) is 26.6 Å². The van der Waals surface area contributed by atoms with Crippen molar-refractivity contribution in [3.63, 3.8) is 0 Å². The molecule has 6 nitrogen and oxygen atoms in total.